The number of unbranched alkanes of at least 4 members (excludes halogenated alkanes) is 2. The normalized spacial score (nSPS) is 18.3. The van der Waals surface area contributed by atoms with Gasteiger partial charge in [0, 0.05) is 26.2 Å². The second-order valence-corrected chi connectivity index (χ2v) is 6.99. The van der Waals surface area contributed by atoms with Crippen LogP contribution >= 0.6 is 24.8 Å². The van der Waals surface area contributed by atoms with E-state index in [0.717, 1.165) is 65.0 Å². The maximum atomic E-state index is 12.6. The predicted octanol–water partition coefficient (Wildman–Crippen LogP) is 2.57. The summed E-state index contributed by atoms with van der Waals surface area (Å²) in [5.74, 6) is 0. The Balaban J connectivity index is 0.00000338. The largest absolute Gasteiger partial charge is 0.379 e. The van der Waals surface area contributed by atoms with Crippen LogP contribution in [-0.4, -0.2) is 74.6 Å². The molecule has 9 heteroatoms. The summed E-state index contributed by atoms with van der Waals surface area (Å²) in [6.45, 7) is 6.26. The van der Waals surface area contributed by atoms with E-state index in [9.17, 15) is 4.79 Å². The van der Waals surface area contributed by atoms with Gasteiger partial charge in [-0.1, -0.05) is 25.7 Å². The van der Waals surface area contributed by atoms with Crippen LogP contribution in [0.3, 0.4) is 0 Å². The van der Waals surface area contributed by atoms with E-state index in [1.54, 1.807) is 5.06 Å². The van der Waals surface area contributed by atoms with Crippen molar-refractivity contribution < 1.29 is 14.4 Å². The van der Waals surface area contributed by atoms with Gasteiger partial charge in [0.05, 0.1) is 25.9 Å². The number of amides is 2. The van der Waals surface area contributed by atoms with Crippen molar-refractivity contribution in [3.63, 3.8) is 0 Å². The minimum atomic E-state index is -0.0818. The number of ether oxygens (including phenoxy) is 1. The standard InChI is InChI=1S/C18H36N4O3.2ClH/c19-9-5-2-6-10-20-18(23)22(17-7-3-1-4-8-17)25-16-13-21-11-14-24-15-12-21;;/h17H,1-16,19H2,(H,20,23);2*1H. The van der Waals surface area contributed by atoms with E-state index >= 15 is 0 Å². The summed E-state index contributed by atoms with van der Waals surface area (Å²) in [7, 11) is 0. The van der Waals surface area contributed by atoms with Gasteiger partial charge in [-0.3, -0.25) is 9.74 Å². The molecule has 0 radical (unpaired) electrons. The van der Waals surface area contributed by atoms with Crippen molar-refractivity contribution in [3.8, 4) is 0 Å². The van der Waals surface area contributed by atoms with Gasteiger partial charge < -0.3 is 15.8 Å². The molecule has 2 amide bonds. The zero-order chi connectivity index (χ0) is 17.7. The van der Waals surface area contributed by atoms with Gasteiger partial charge in [-0.25, -0.2) is 9.86 Å². The molecule has 0 aromatic carbocycles. The van der Waals surface area contributed by atoms with E-state index in [2.05, 4.69) is 10.2 Å². The highest BCUT2D eigenvalue weighted by molar-refractivity contribution is 5.85. The smallest absolute Gasteiger partial charge is 0.341 e. The first-order valence-electron chi connectivity index (χ1n) is 10.0. The van der Waals surface area contributed by atoms with E-state index in [1.165, 1.54) is 19.3 Å². The number of hydrogen-bond donors (Lipinski definition) is 2. The van der Waals surface area contributed by atoms with E-state index in [4.69, 9.17) is 15.3 Å². The Morgan fingerprint density at radius 3 is 2.48 bits per heavy atom. The van der Waals surface area contributed by atoms with Gasteiger partial charge in [0.15, 0.2) is 0 Å². The molecule has 27 heavy (non-hydrogen) atoms. The molecule has 0 bridgehead atoms. The van der Waals surface area contributed by atoms with Crippen molar-refractivity contribution in [2.24, 2.45) is 5.73 Å². The molecule has 3 N–H and O–H groups in total. The van der Waals surface area contributed by atoms with Crippen molar-refractivity contribution in [1.82, 2.24) is 15.3 Å². The number of carbonyl (C=O) groups is 1. The fourth-order valence-electron chi connectivity index (χ4n) is 3.46. The number of hydroxylamine groups is 2. The maximum absolute atomic E-state index is 12.6. The third-order valence-electron chi connectivity index (χ3n) is 5.01. The van der Waals surface area contributed by atoms with Crippen LogP contribution in [0.25, 0.3) is 0 Å². The van der Waals surface area contributed by atoms with E-state index < -0.39 is 0 Å². The Morgan fingerprint density at radius 1 is 1.11 bits per heavy atom. The molecule has 0 spiro atoms. The molecule has 0 aromatic heterocycles. The van der Waals surface area contributed by atoms with Crippen LogP contribution in [0.15, 0.2) is 0 Å². The molecule has 1 aliphatic carbocycles. The summed E-state index contributed by atoms with van der Waals surface area (Å²) in [5.41, 5.74) is 5.51. The van der Waals surface area contributed by atoms with Crippen LogP contribution in [-0.2, 0) is 9.57 Å². The highest BCUT2D eigenvalue weighted by Crippen LogP contribution is 2.23. The second-order valence-electron chi connectivity index (χ2n) is 6.99. The molecule has 1 saturated carbocycles. The van der Waals surface area contributed by atoms with Crippen LogP contribution in [0.5, 0.6) is 0 Å². The monoisotopic (exact) mass is 428 g/mol. The van der Waals surface area contributed by atoms with Gasteiger partial charge in [0.1, 0.15) is 0 Å². The fraction of sp³-hybridized carbons (Fsp3) is 0.944. The maximum Gasteiger partial charge on any atom is 0.341 e. The van der Waals surface area contributed by atoms with Gasteiger partial charge in [0.2, 0.25) is 0 Å². The highest BCUT2D eigenvalue weighted by atomic mass is 35.5. The minimum absolute atomic E-state index is 0. The molecule has 1 aliphatic heterocycles. The summed E-state index contributed by atoms with van der Waals surface area (Å²) in [6.07, 6.45) is 8.73. The lowest BCUT2D eigenvalue weighted by atomic mass is 9.95. The average molecular weight is 429 g/mol. The Kier molecular flexibility index (Phi) is 16.4. The lowest BCUT2D eigenvalue weighted by Crippen LogP contribution is -2.48. The highest BCUT2D eigenvalue weighted by Gasteiger charge is 2.26. The molecule has 2 rings (SSSR count). The van der Waals surface area contributed by atoms with Crippen LogP contribution in [0.1, 0.15) is 51.4 Å². The molecule has 1 saturated heterocycles. The molecule has 0 unspecified atom stereocenters. The third kappa shape index (κ3) is 10.7. The summed E-state index contributed by atoms with van der Waals surface area (Å²) in [4.78, 5) is 20.9. The quantitative estimate of drug-likeness (QED) is 0.412. The van der Waals surface area contributed by atoms with Gasteiger partial charge in [-0.2, -0.15) is 0 Å². The Morgan fingerprint density at radius 2 is 1.81 bits per heavy atom. The first-order valence-corrected chi connectivity index (χ1v) is 10.0. The minimum Gasteiger partial charge on any atom is -0.379 e. The van der Waals surface area contributed by atoms with E-state index in [0.29, 0.717) is 19.7 Å². The topological polar surface area (TPSA) is 80.1 Å². The molecule has 1 heterocycles. The van der Waals surface area contributed by atoms with Crippen LogP contribution in [0.2, 0.25) is 0 Å². The molecule has 0 aromatic rings. The van der Waals surface area contributed by atoms with Crippen molar-refractivity contribution in [2.45, 2.75) is 57.4 Å². The van der Waals surface area contributed by atoms with Crippen molar-refractivity contribution >= 4 is 30.8 Å². The van der Waals surface area contributed by atoms with Crippen LogP contribution in [0.4, 0.5) is 4.79 Å². The van der Waals surface area contributed by atoms with E-state index in [1.807, 2.05) is 0 Å². The molecule has 0 atom stereocenters. The number of carbonyl (C=O) groups excluding carboxylic acids is 1. The van der Waals surface area contributed by atoms with Gasteiger partial charge in [-0.15, -0.1) is 24.8 Å². The molecule has 162 valence electrons. The summed E-state index contributed by atoms with van der Waals surface area (Å²) in [5, 5.41) is 4.64. The second kappa shape index (κ2) is 16.6. The first kappa shape index (κ1) is 26.7. The number of hydrogen-bond acceptors (Lipinski definition) is 5. The van der Waals surface area contributed by atoms with Crippen LogP contribution in [0, 0.1) is 0 Å². The Hall–Kier alpha value is -0.310. The number of rotatable bonds is 10. The number of nitrogens with two attached hydrogens (primary N) is 1. The molecule has 2 aliphatic rings. The summed E-state index contributed by atoms with van der Waals surface area (Å²) >= 11 is 0. The van der Waals surface area contributed by atoms with Crippen molar-refractivity contribution in [2.75, 3.05) is 52.5 Å². The summed E-state index contributed by atoms with van der Waals surface area (Å²) < 4.78 is 5.37. The SMILES string of the molecule is Cl.Cl.NCCCCCNC(=O)N(OCCN1CCOCC1)C1CCCCC1. The van der Waals surface area contributed by atoms with Crippen molar-refractivity contribution in [3.05, 3.63) is 0 Å². The van der Waals surface area contributed by atoms with Gasteiger partial charge in [-0.05, 0) is 32.2 Å². The number of urea groups is 1. The van der Waals surface area contributed by atoms with Gasteiger partial charge >= 0.3 is 6.03 Å². The predicted molar refractivity (Wildman–Crippen MR) is 113 cm³/mol. The summed E-state index contributed by atoms with van der Waals surface area (Å²) in [6, 6.07) is 0.129. The number of morpholine rings is 1. The van der Waals surface area contributed by atoms with Crippen molar-refractivity contribution in [1.29, 1.82) is 0 Å². The lowest BCUT2D eigenvalue weighted by Gasteiger charge is -2.34. The Bertz CT molecular complexity index is 369. The number of halogens is 2. The average Bonchev–Trinajstić information content (AvgIpc) is 2.66. The fourth-order valence-corrected chi connectivity index (χ4v) is 3.46. The van der Waals surface area contributed by atoms with Gasteiger partial charge in [0.25, 0.3) is 0 Å². The zero-order valence-corrected chi connectivity index (χ0v) is 18.0. The first-order chi connectivity index (χ1) is 12.3. The third-order valence-corrected chi connectivity index (χ3v) is 5.01. The molecular formula is C18H38Cl2N4O3. The molecule has 7 nitrogen and oxygen atoms in total. The molecule has 2 fully saturated rings. The lowest BCUT2D eigenvalue weighted by molar-refractivity contribution is -0.155. The van der Waals surface area contributed by atoms with E-state index in [-0.39, 0.29) is 36.9 Å². The number of nitrogens with zero attached hydrogens (tertiary/aromatic N) is 2. The molecular weight excluding hydrogens is 391 g/mol. The van der Waals surface area contributed by atoms with Crippen LogP contribution < -0.4 is 11.1 Å². The Labute approximate surface area is 176 Å². The zero-order valence-electron chi connectivity index (χ0n) is 16.4. The number of nitrogens with one attached hydrogen (secondary N) is 1.